The minimum Gasteiger partial charge on any atom is -0.275 e. The monoisotopic (exact) mass is 304 g/mol. The van der Waals surface area contributed by atoms with Gasteiger partial charge >= 0.3 is 6.03 Å². The Morgan fingerprint density at radius 2 is 1.79 bits per heavy atom. The molecule has 0 aliphatic rings. The highest BCUT2D eigenvalue weighted by molar-refractivity contribution is 7.92. The van der Waals surface area contributed by atoms with E-state index in [-0.39, 0.29) is 5.95 Å². The van der Waals surface area contributed by atoms with Crippen molar-refractivity contribution in [2.75, 3.05) is 5.32 Å². The molecule has 9 heteroatoms. The first-order valence-electron chi connectivity index (χ1n) is 5.22. The predicted molar refractivity (Wildman–Crippen MR) is 72.4 cm³/mol. The first-order valence-corrected chi connectivity index (χ1v) is 7.15. The van der Waals surface area contributed by atoms with Gasteiger partial charge in [-0.3, -0.25) is 5.32 Å². The Kier molecular flexibility index (Phi) is 4.84. The summed E-state index contributed by atoms with van der Waals surface area (Å²) >= 11 is 5.88. The van der Waals surface area contributed by atoms with E-state index in [2.05, 4.69) is 15.3 Å². The summed E-state index contributed by atoms with van der Waals surface area (Å²) < 4.78 is 24.4. The third kappa shape index (κ3) is 4.49. The van der Waals surface area contributed by atoms with Crippen LogP contribution in [0.15, 0.2) is 11.5 Å². The van der Waals surface area contributed by atoms with E-state index in [1.807, 2.05) is 0 Å². The maximum absolute atomic E-state index is 11.5. The maximum atomic E-state index is 11.5. The van der Waals surface area contributed by atoms with Gasteiger partial charge in [-0.05, 0) is 20.8 Å². The number of aryl methyl sites for hydroxylation is 2. The van der Waals surface area contributed by atoms with Crippen molar-refractivity contribution in [1.29, 1.82) is 0 Å². The zero-order chi connectivity index (χ0) is 14.6. The van der Waals surface area contributed by atoms with Gasteiger partial charge in [-0.25, -0.2) is 27.9 Å². The molecule has 0 radical (unpaired) electrons. The van der Waals surface area contributed by atoms with Gasteiger partial charge < -0.3 is 0 Å². The molecule has 1 heterocycles. The summed E-state index contributed by atoms with van der Waals surface area (Å²) in [4.78, 5) is 19.3. The topological polar surface area (TPSA) is 101 Å². The van der Waals surface area contributed by atoms with E-state index in [4.69, 9.17) is 11.6 Å². The molecule has 2 N–H and O–H groups in total. The fourth-order valence-corrected chi connectivity index (χ4v) is 2.05. The number of amides is 2. The van der Waals surface area contributed by atoms with E-state index >= 15 is 0 Å². The number of carbonyl (C=O) groups is 1. The normalized spacial score (nSPS) is 11.6. The summed E-state index contributed by atoms with van der Waals surface area (Å²) in [6.07, 6.45) is 1.29. The Bertz CT molecular complexity index is 605. The van der Waals surface area contributed by atoms with Crippen LogP contribution in [0.2, 0.25) is 5.02 Å². The van der Waals surface area contributed by atoms with E-state index in [0.29, 0.717) is 16.4 Å². The second kappa shape index (κ2) is 5.98. The average Bonchev–Trinajstić information content (AvgIpc) is 2.24. The molecule has 2 amide bonds. The lowest BCUT2D eigenvalue weighted by molar-refractivity contribution is 0.256. The number of sulfonamides is 1. The SMILES string of the molecule is C/C=C\S(=O)(=O)NC(=O)Nc1nc(C)c(Cl)c(C)n1. The van der Waals surface area contributed by atoms with Crippen LogP contribution in [0.5, 0.6) is 0 Å². The minimum atomic E-state index is -3.80. The number of nitrogens with one attached hydrogen (secondary N) is 2. The molecule has 0 atom stereocenters. The number of anilines is 1. The molecule has 1 rings (SSSR count). The van der Waals surface area contributed by atoms with Crippen LogP contribution in [-0.4, -0.2) is 24.4 Å². The van der Waals surface area contributed by atoms with Crippen molar-refractivity contribution in [3.8, 4) is 0 Å². The fraction of sp³-hybridized carbons (Fsp3) is 0.300. The van der Waals surface area contributed by atoms with Gasteiger partial charge in [0.15, 0.2) is 0 Å². The van der Waals surface area contributed by atoms with Crippen molar-refractivity contribution in [3.63, 3.8) is 0 Å². The van der Waals surface area contributed by atoms with Gasteiger partial charge in [-0.1, -0.05) is 17.7 Å². The molecule has 19 heavy (non-hydrogen) atoms. The number of aromatic nitrogens is 2. The number of allylic oxidation sites excluding steroid dienone is 1. The third-order valence-corrected chi connectivity index (χ3v) is 3.61. The summed E-state index contributed by atoms with van der Waals surface area (Å²) in [7, 11) is -3.80. The van der Waals surface area contributed by atoms with E-state index in [1.165, 1.54) is 13.0 Å². The molecule has 0 aliphatic carbocycles. The molecule has 0 aliphatic heterocycles. The highest BCUT2D eigenvalue weighted by Crippen LogP contribution is 2.17. The zero-order valence-corrected chi connectivity index (χ0v) is 12.1. The number of carbonyl (C=O) groups excluding carboxylic acids is 1. The molecule has 0 fully saturated rings. The molecule has 0 saturated heterocycles. The second-order valence-electron chi connectivity index (χ2n) is 3.60. The quantitative estimate of drug-likeness (QED) is 0.885. The molecule has 0 bridgehead atoms. The Labute approximate surface area is 116 Å². The van der Waals surface area contributed by atoms with E-state index in [9.17, 15) is 13.2 Å². The third-order valence-electron chi connectivity index (χ3n) is 1.96. The number of halogens is 1. The Hall–Kier alpha value is -1.67. The second-order valence-corrected chi connectivity index (χ2v) is 5.55. The smallest absolute Gasteiger partial charge is 0.275 e. The van der Waals surface area contributed by atoms with Crippen molar-refractivity contribution in [1.82, 2.24) is 14.7 Å². The van der Waals surface area contributed by atoms with Gasteiger partial charge in [0.2, 0.25) is 5.95 Å². The van der Waals surface area contributed by atoms with Gasteiger partial charge in [0, 0.05) is 5.41 Å². The lowest BCUT2D eigenvalue weighted by Gasteiger charge is -2.07. The summed E-state index contributed by atoms with van der Waals surface area (Å²) in [5.41, 5.74) is 0.974. The lowest BCUT2D eigenvalue weighted by atomic mass is 10.3. The largest absolute Gasteiger partial charge is 0.335 e. The highest BCUT2D eigenvalue weighted by atomic mass is 35.5. The summed E-state index contributed by atoms with van der Waals surface area (Å²) in [6, 6.07) is -0.945. The Morgan fingerprint density at radius 1 is 1.26 bits per heavy atom. The minimum absolute atomic E-state index is 0.0208. The highest BCUT2D eigenvalue weighted by Gasteiger charge is 2.13. The molecule has 0 saturated carbocycles. The Morgan fingerprint density at radius 3 is 2.26 bits per heavy atom. The molecule has 104 valence electrons. The standard InChI is InChI=1S/C10H13ClN4O3S/c1-4-5-19(17,18)15-10(16)14-9-12-6(2)8(11)7(3)13-9/h4-5H,1-3H3,(H2,12,13,14,15,16)/b5-4-. The average molecular weight is 305 g/mol. The molecule has 0 spiro atoms. The van der Waals surface area contributed by atoms with Crippen LogP contribution in [0.3, 0.4) is 0 Å². The van der Waals surface area contributed by atoms with Crippen molar-refractivity contribution in [2.24, 2.45) is 0 Å². The molecular formula is C10H13ClN4O3S. The van der Waals surface area contributed by atoms with Crippen LogP contribution in [0.25, 0.3) is 0 Å². The summed E-state index contributed by atoms with van der Waals surface area (Å²) in [5, 5.41) is 3.48. The maximum Gasteiger partial charge on any atom is 0.335 e. The van der Waals surface area contributed by atoms with Crippen LogP contribution >= 0.6 is 11.6 Å². The van der Waals surface area contributed by atoms with Crippen molar-refractivity contribution >= 4 is 33.6 Å². The van der Waals surface area contributed by atoms with Gasteiger partial charge in [0.1, 0.15) is 0 Å². The van der Waals surface area contributed by atoms with Crippen LogP contribution in [0, 0.1) is 13.8 Å². The van der Waals surface area contributed by atoms with Gasteiger partial charge in [0.25, 0.3) is 10.0 Å². The number of urea groups is 1. The molecule has 1 aromatic heterocycles. The lowest BCUT2D eigenvalue weighted by Crippen LogP contribution is -2.33. The molecule has 7 nitrogen and oxygen atoms in total. The fourth-order valence-electron chi connectivity index (χ4n) is 1.23. The molecular weight excluding hydrogens is 292 g/mol. The molecule has 0 unspecified atom stereocenters. The van der Waals surface area contributed by atoms with Crippen molar-refractivity contribution < 1.29 is 13.2 Å². The van der Waals surface area contributed by atoms with E-state index in [0.717, 1.165) is 5.41 Å². The zero-order valence-electron chi connectivity index (χ0n) is 10.6. The van der Waals surface area contributed by atoms with Crippen LogP contribution in [0.4, 0.5) is 10.7 Å². The number of hydrogen-bond donors (Lipinski definition) is 2. The van der Waals surface area contributed by atoms with E-state index < -0.39 is 16.1 Å². The number of rotatable bonds is 3. The number of nitrogens with zero attached hydrogens (tertiary/aromatic N) is 2. The van der Waals surface area contributed by atoms with Crippen LogP contribution < -0.4 is 10.0 Å². The summed E-state index contributed by atoms with van der Waals surface area (Å²) in [5.74, 6) is -0.0208. The first-order chi connectivity index (χ1) is 8.75. The first kappa shape index (κ1) is 15.4. The van der Waals surface area contributed by atoms with Gasteiger partial charge in [-0.15, -0.1) is 0 Å². The number of hydrogen-bond acceptors (Lipinski definition) is 5. The van der Waals surface area contributed by atoms with Crippen LogP contribution in [0.1, 0.15) is 18.3 Å². The van der Waals surface area contributed by atoms with Gasteiger partial charge in [0.05, 0.1) is 16.4 Å². The van der Waals surface area contributed by atoms with Crippen molar-refractivity contribution in [3.05, 3.63) is 27.9 Å². The van der Waals surface area contributed by atoms with Gasteiger partial charge in [-0.2, -0.15) is 0 Å². The summed E-state index contributed by atoms with van der Waals surface area (Å²) in [6.45, 7) is 4.82. The predicted octanol–water partition coefficient (Wildman–Crippen LogP) is 1.73. The van der Waals surface area contributed by atoms with Crippen LogP contribution in [-0.2, 0) is 10.0 Å². The Balaban J connectivity index is 2.84. The molecule has 1 aromatic rings. The van der Waals surface area contributed by atoms with E-state index in [1.54, 1.807) is 18.6 Å². The van der Waals surface area contributed by atoms with Crippen molar-refractivity contribution in [2.45, 2.75) is 20.8 Å². The molecule has 0 aromatic carbocycles.